The minimum atomic E-state index is -0.226. The van der Waals surface area contributed by atoms with E-state index in [1.165, 1.54) is 6.07 Å². The zero-order valence-corrected chi connectivity index (χ0v) is 11.8. The molecular weight excluding hydrogens is 326 g/mol. The van der Waals surface area contributed by atoms with Gasteiger partial charge in [0.1, 0.15) is 5.82 Å². The summed E-state index contributed by atoms with van der Waals surface area (Å²) >= 11 is 15.2. The van der Waals surface area contributed by atoms with Crippen molar-refractivity contribution in [1.29, 1.82) is 0 Å². The van der Waals surface area contributed by atoms with Gasteiger partial charge in [0.25, 0.3) is 0 Å². The number of hydrogen-bond donors (Lipinski definition) is 0. The Morgan fingerprint density at radius 2 is 1.82 bits per heavy atom. The van der Waals surface area contributed by atoms with Crippen LogP contribution in [-0.2, 0) is 5.33 Å². The second-order valence-corrected chi connectivity index (χ2v) is 4.97. The number of benzene rings is 2. The van der Waals surface area contributed by atoms with E-state index in [0.29, 0.717) is 20.9 Å². The fraction of sp³-hybridized carbons (Fsp3) is 0.0769. The highest BCUT2D eigenvalue weighted by molar-refractivity contribution is 9.08. The van der Waals surface area contributed by atoms with Crippen molar-refractivity contribution in [2.45, 2.75) is 5.33 Å². The summed E-state index contributed by atoms with van der Waals surface area (Å²) in [6.07, 6.45) is 0. The number of hydrogen-bond acceptors (Lipinski definition) is 0. The molecule has 0 spiro atoms. The first-order chi connectivity index (χ1) is 8.11. The third-order valence-corrected chi connectivity index (χ3v) is 3.58. The Morgan fingerprint density at radius 3 is 2.47 bits per heavy atom. The SMILES string of the molecule is Fc1ccc(-c2ccc(Cl)cc2Cl)cc1CBr. The number of halogens is 4. The average molecular weight is 334 g/mol. The van der Waals surface area contributed by atoms with Gasteiger partial charge in [-0.25, -0.2) is 4.39 Å². The van der Waals surface area contributed by atoms with Gasteiger partial charge in [-0.15, -0.1) is 0 Å². The van der Waals surface area contributed by atoms with Crippen LogP contribution in [0.2, 0.25) is 10.0 Å². The van der Waals surface area contributed by atoms with Gasteiger partial charge in [0, 0.05) is 20.9 Å². The van der Waals surface area contributed by atoms with Gasteiger partial charge in [0.15, 0.2) is 0 Å². The van der Waals surface area contributed by atoms with Crippen molar-refractivity contribution in [2.75, 3.05) is 0 Å². The van der Waals surface area contributed by atoms with Crippen LogP contribution in [0.5, 0.6) is 0 Å². The minimum Gasteiger partial charge on any atom is -0.207 e. The summed E-state index contributed by atoms with van der Waals surface area (Å²) in [7, 11) is 0. The summed E-state index contributed by atoms with van der Waals surface area (Å²) in [5.41, 5.74) is 2.33. The van der Waals surface area contributed by atoms with Crippen molar-refractivity contribution < 1.29 is 4.39 Å². The Labute approximate surface area is 117 Å². The Bertz CT molecular complexity index is 555. The van der Waals surface area contributed by atoms with Crippen LogP contribution >= 0.6 is 39.1 Å². The first kappa shape index (κ1) is 12.9. The zero-order chi connectivity index (χ0) is 12.4. The molecular formula is C13H8BrCl2F. The molecule has 0 bridgehead atoms. The van der Waals surface area contributed by atoms with Crippen LogP contribution in [0.3, 0.4) is 0 Å². The van der Waals surface area contributed by atoms with E-state index in [9.17, 15) is 4.39 Å². The molecule has 0 aliphatic rings. The normalized spacial score (nSPS) is 10.6. The largest absolute Gasteiger partial charge is 0.207 e. The van der Waals surface area contributed by atoms with Crippen molar-refractivity contribution in [1.82, 2.24) is 0 Å². The highest BCUT2D eigenvalue weighted by atomic mass is 79.9. The molecule has 0 radical (unpaired) electrons. The second-order valence-electron chi connectivity index (χ2n) is 3.56. The minimum absolute atomic E-state index is 0.226. The highest BCUT2D eigenvalue weighted by Crippen LogP contribution is 2.31. The van der Waals surface area contributed by atoms with Gasteiger partial charge in [0.05, 0.1) is 0 Å². The molecule has 2 aromatic rings. The van der Waals surface area contributed by atoms with E-state index in [1.807, 2.05) is 6.07 Å². The van der Waals surface area contributed by atoms with Crippen LogP contribution in [0.4, 0.5) is 4.39 Å². The smallest absolute Gasteiger partial charge is 0.127 e. The molecule has 0 aromatic heterocycles. The second kappa shape index (κ2) is 5.38. The Kier molecular flexibility index (Phi) is 4.08. The standard InChI is InChI=1S/C13H8BrCl2F/c14-7-9-5-8(1-4-13(9)17)11-3-2-10(15)6-12(11)16/h1-6H,7H2. The van der Waals surface area contributed by atoms with Gasteiger partial charge in [-0.1, -0.05) is 51.3 Å². The summed E-state index contributed by atoms with van der Waals surface area (Å²) in [6, 6.07) is 10.2. The lowest BCUT2D eigenvalue weighted by Crippen LogP contribution is -1.88. The van der Waals surface area contributed by atoms with Crippen molar-refractivity contribution in [3.05, 3.63) is 57.8 Å². The molecule has 17 heavy (non-hydrogen) atoms. The predicted octanol–water partition coefficient (Wildman–Crippen LogP) is 5.69. The lowest BCUT2D eigenvalue weighted by molar-refractivity contribution is 0.618. The molecule has 0 amide bonds. The van der Waals surface area contributed by atoms with Crippen LogP contribution in [0.25, 0.3) is 11.1 Å². The van der Waals surface area contributed by atoms with Crippen LogP contribution in [0.1, 0.15) is 5.56 Å². The quantitative estimate of drug-likeness (QED) is 0.619. The zero-order valence-electron chi connectivity index (χ0n) is 8.68. The Balaban J connectivity index is 2.53. The van der Waals surface area contributed by atoms with Crippen molar-refractivity contribution in [3.8, 4) is 11.1 Å². The first-order valence-corrected chi connectivity index (χ1v) is 6.79. The molecule has 2 rings (SSSR count). The summed E-state index contributed by atoms with van der Waals surface area (Å²) in [5, 5.41) is 1.61. The number of rotatable bonds is 2. The molecule has 0 heterocycles. The van der Waals surface area contributed by atoms with Crippen LogP contribution in [0.15, 0.2) is 36.4 Å². The Hall–Kier alpha value is -0.570. The van der Waals surface area contributed by atoms with Crippen molar-refractivity contribution in [2.24, 2.45) is 0 Å². The molecule has 0 unspecified atom stereocenters. The lowest BCUT2D eigenvalue weighted by atomic mass is 10.0. The van der Waals surface area contributed by atoms with Crippen LogP contribution < -0.4 is 0 Å². The Morgan fingerprint density at radius 1 is 1.06 bits per heavy atom. The van der Waals surface area contributed by atoms with E-state index < -0.39 is 0 Å². The average Bonchev–Trinajstić information content (AvgIpc) is 2.30. The maximum Gasteiger partial charge on any atom is 0.127 e. The van der Waals surface area contributed by atoms with E-state index in [2.05, 4.69) is 15.9 Å². The predicted molar refractivity (Wildman–Crippen MR) is 74.5 cm³/mol. The van der Waals surface area contributed by atoms with Crippen LogP contribution in [-0.4, -0.2) is 0 Å². The van der Waals surface area contributed by atoms with E-state index in [-0.39, 0.29) is 5.82 Å². The van der Waals surface area contributed by atoms with Crippen LogP contribution in [0, 0.1) is 5.82 Å². The summed E-state index contributed by atoms with van der Waals surface area (Å²) in [4.78, 5) is 0. The molecule has 4 heteroatoms. The molecule has 88 valence electrons. The summed E-state index contributed by atoms with van der Waals surface area (Å²) < 4.78 is 13.4. The summed E-state index contributed by atoms with van der Waals surface area (Å²) in [6.45, 7) is 0. The highest BCUT2D eigenvalue weighted by Gasteiger charge is 2.07. The maximum atomic E-state index is 13.4. The van der Waals surface area contributed by atoms with Gasteiger partial charge in [-0.3, -0.25) is 0 Å². The molecule has 0 fully saturated rings. The van der Waals surface area contributed by atoms with E-state index in [4.69, 9.17) is 23.2 Å². The van der Waals surface area contributed by atoms with Gasteiger partial charge in [0.2, 0.25) is 0 Å². The fourth-order valence-corrected chi connectivity index (χ4v) is 2.52. The fourth-order valence-electron chi connectivity index (χ4n) is 1.57. The van der Waals surface area contributed by atoms with Gasteiger partial charge < -0.3 is 0 Å². The molecule has 0 saturated carbocycles. The molecule has 0 aliphatic carbocycles. The van der Waals surface area contributed by atoms with E-state index >= 15 is 0 Å². The van der Waals surface area contributed by atoms with E-state index in [1.54, 1.807) is 24.3 Å². The lowest BCUT2D eigenvalue weighted by Gasteiger charge is -2.07. The summed E-state index contributed by atoms with van der Waals surface area (Å²) in [5.74, 6) is -0.226. The van der Waals surface area contributed by atoms with E-state index in [0.717, 1.165) is 11.1 Å². The molecule has 0 nitrogen and oxygen atoms in total. The monoisotopic (exact) mass is 332 g/mol. The molecule has 0 saturated heterocycles. The van der Waals surface area contributed by atoms with Gasteiger partial charge in [-0.05, 0) is 35.4 Å². The molecule has 2 aromatic carbocycles. The first-order valence-electron chi connectivity index (χ1n) is 4.91. The molecule has 0 N–H and O–H groups in total. The third kappa shape index (κ3) is 2.82. The topological polar surface area (TPSA) is 0 Å². The van der Waals surface area contributed by atoms with Gasteiger partial charge in [-0.2, -0.15) is 0 Å². The molecule has 0 aliphatic heterocycles. The van der Waals surface area contributed by atoms with Gasteiger partial charge >= 0.3 is 0 Å². The number of alkyl halides is 1. The third-order valence-electron chi connectivity index (χ3n) is 2.43. The molecule has 0 atom stereocenters. The van der Waals surface area contributed by atoms with Crippen molar-refractivity contribution in [3.63, 3.8) is 0 Å². The van der Waals surface area contributed by atoms with Crippen molar-refractivity contribution >= 4 is 39.1 Å². The maximum absolute atomic E-state index is 13.4.